The van der Waals surface area contributed by atoms with Crippen LogP contribution in [0.3, 0.4) is 0 Å². The Kier molecular flexibility index (Phi) is 9.86. The van der Waals surface area contributed by atoms with Crippen LogP contribution in [0, 0.1) is 29.6 Å². The summed E-state index contributed by atoms with van der Waals surface area (Å²) < 4.78 is 25.3. The number of rotatable bonds is 8. The molecule has 3 N–H and O–H groups in total. The van der Waals surface area contributed by atoms with Crippen LogP contribution in [0.25, 0.3) is 0 Å². The Labute approximate surface area is 216 Å². The first-order chi connectivity index (χ1) is 17.4. The number of halogens is 1. The molecular weight excluding hydrogens is 461 g/mol. The van der Waals surface area contributed by atoms with Crippen molar-refractivity contribution in [2.75, 3.05) is 47.4 Å². The Balaban J connectivity index is 1.40. The van der Waals surface area contributed by atoms with Gasteiger partial charge in [0.15, 0.2) is 12.3 Å². The number of hydrogen-bond acceptors (Lipinski definition) is 7. The van der Waals surface area contributed by atoms with Gasteiger partial charge in [-0.15, -0.1) is 0 Å². The van der Waals surface area contributed by atoms with Gasteiger partial charge in [0.25, 0.3) is 0 Å². The molecule has 8 atom stereocenters. The number of guanidine groups is 1. The Morgan fingerprint density at radius 2 is 1.83 bits per heavy atom. The molecule has 1 amide bonds. The van der Waals surface area contributed by atoms with Crippen LogP contribution in [0.5, 0.6) is 0 Å². The van der Waals surface area contributed by atoms with E-state index in [4.69, 9.17) is 9.47 Å². The lowest BCUT2D eigenvalue weighted by molar-refractivity contribution is -0.138. The molecule has 4 aliphatic rings. The molecule has 3 fully saturated rings. The molecule has 4 rings (SSSR count). The van der Waals surface area contributed by atoms with Crippen molar-refractivity contribution in [3.63, 3.8) is 0 Å². The molecule has 0 aromatic heterocycles. The summed E-state index contributed by atoms with van der Waals surface area (Å²) in [6.07, 6.45) is 6.68. The summed E-state index contributed by atoms with van der Waals surface area (Å²) in [4.78, 5) is 20.2. The van der Waals surface area contributed by atoms with Crippen LogP contribution >= 0.6 is 0 Å². The van der Waals surface area contributed by atoms with Gasteiger partial charge in [-0.2, -0.15) is 0 Å². The van der Waals surface area contributed by atoms with Gasteiger partial charge in [-0.25, -0.2) is 4.39 Å². The highest BCUT2D eigenvalue weighted by Crippen LogP contribution is 2.42. The predicted molar refractivity (Wildman–Crippen MR) is 139 cm³/mol. The number of nitrogens with zero attached hydrogens (tertiary/aromatic N) is 2. The fraction of sp³-hybridized carbons (Fsp3) is 0.926. The zero-order valence-electron chi connectivity index (χ0n) is 22.7. The quantitative estimate of drug-likeness (QED) is 0.436. The largest absolute Gasteiger partial charge is 0.381 e. The van der Waals surface area contributed by atoms with Crippen molar-refractivity contribution in [3.8, 4) is 0 Å². The monoisotopic (exact) mass is 509 g/mol. The number of carbonyl (C=O) groups is 1. The number of hydrogen-bond donors (Lipinski definition) is 3. The van der Waals surface area contributed by atoms with Gasteiger partial charge < -0.3 is 25.0 Å². The van der Waals surface area contributed by atoms with E-state index in [2.05, 4.69) is 27.9 Å². The fourth-order valence-corrected chi connectivity index (χ4v) is 7.33. The van der Waals surface area contributed by atoms with E-state index in [-0.39, 0.29) is 30.1 Å². The van der Waals surface area contributed by atoms with E-state index in [1.807, 2.05) is 11.9 Å². The Hall–Kier alpha value is -1.45. The first-order valence-electron chi connectivity index (χ1n) is 14.1. The first kappa shape index (κ1) is 27.6. The molecule has 9 heteroatoms. The van der Waals surface area contributed by atoms with Crippen molar-refractivity contribution in [1.82, 2.24) is 20.9 Å². The van der Waals surface area contributed by atoms with Crippen LogP contribution in [0.2, 0.25) is 0 Å². The molecule has 0 aromatic rings. The Morgan fingerprint density at radius 1 is 1.08 bits per heavy atom. The normalized spacial score (nSPS) is 39.2. The molecule has 2 aliphatic heterocycles. The zero-order chi connectivity index (χ0) is 25.7. The third-order valence-electron chi connectivity index (χ3n) is 9.16. The molecule has 2 aliphatic carbocycles. The third-order valence-corrected chi connectivity index (χ3v) is 9.16. The molecule has 2 heterocycles. The summed E-state index contributed by atoms with van der Waals surface area (Å²) in [6.45, 7) is 5.37. The lowest BCUT2D eigenvalue weighted by atomic mass is 9.66. The molecule has 36 heavy (non-hydrogen) atoms. The van der Waals surface area contributed by atoms with Gasteiger partial charge >= 0.3 is 0 Å². The molecule has 206 valence electrons. The number of carbonyl (C=O) groups excluding carboxylic acids is 1. The molecule has 1 saturated heterocycles. The number of alkyl halides is 1. The smallest absolute Gasteiger partial charge is 0.225 e. The van der Waals surface area contributed by atoms with Gasteiger partial charge in [0.05, 0.1) is 18.8 Å². The van der Waals surface area contributed by atoms with Crippen LogP contribution in [0.1, 0.15) is 58.3 Å². The van der Waals surface area contributed by atoms with Crippen LogP contribution in [0.4, 0.5) is 4.39 Å². The van der Waals surface area contributed by atoms with E-state index in [0.29, 0.717) is 30.1 Å². The number of piperidine rings is 1. The number of methoxy groups -OCH3 is 2. The Bertz CT molecular complexity index is 743. The number of amides is 1. The minimum absolute atomic E-state index is 0.00867. The van der Waals surface area contributed by atoms with Gasteiger partial charge in [0, 0.05) is 52.9 Å². The van der Waals surface area contributed by atoms with Crippen molar-refractivity contribution in [2.45, 2.75) is 82.8 Å². The SMILES string of the molecule is COC1CC(CN(C)C(=O)C2CC(CNC3=NCCN3)CC(C3CCC(F)NC3C)C2)CC(OC)C1. The van der Waals surface area contributed by atoms with E-state index in [0.717, 1.165) is 77.1 Å². The number of aliphatic imine (C=N–C) groups is 1. The van der Waals surface area contributed by atoms with Crippen molar-refractivity contribution < 1.29 is 18.7 Å². The molecule has 0 bridgehead atoms. The summed E-state index contributed by atoms with van der Waals surface area (Å²) in [7, 11) is 5.50. The molecule has 0 aromatic carbocycles. The molecular formula is C27H48FN5O3. The lowest BCUT2D eigenvalue weighted by Gasteiger charge is -2.44. The minimum Gasteiger partial charge on any atom is -0.381 e. The molecule has 0 radical (unpaired) electrons. The second-order valence-electron chi connectivity index (χ2n) is 11.7. The summed E-state index contributed by atoms with van der Waals surface area (Å²) >= 11 is 0. The maximum atomic E-state index is 14.0. The minimum atomic E-state index is -0.908. The second kappa shape index (κ2) is 12.9. The van der Waals surface area contributed by atoms with Crippen molar-refractivity contribution in [1.29, 1.82) is 0 Å². The molecule has 2 saturated carbocycles. The number of ether oxygens (including phenoxy) is 2. The zero-order valence-corrected chi connectivity index (χ0v) is 22.7. The summed E-state index contributed by atoms with van der Waals surface area (Å²) in [5.41, 5.74) is 0. The van der Waals surface area contributed by atoms with Gasteiger partial charge in [-0.1, -0.05) is 0 Å². The highest BCUT2D eigenvalue weighted by atomic mass is 19.1. The molecule has 8 nitrogen and oxygen atoms in total. The van der Waals surface area contributed by atoms with Crippen LogP contribution in [-0.4, -0.2) is 88.8 Å². The summed E-state index contributed by atoms with van der Waals surface area (Å²) in [6, 6.07) is 0.138. The number of nitrogens with one attached hydrogen (secondary N) is 3. The highest BCUT2D eigenvalue weighted by Gasteiger charge is 2.41. The first-order valence-corrected chi connectivity index (χ1v) is 14.1. The van der Waals surface area contributed by atoms with Gasteiger partial charge in [0.1, 0.15) is 0 Å². The van der Waals surface area contributed by atoms with Gasteiger partial charge in [-0.3, -0.25) is 15.1 Å². The van der Waals surface area contributed by atoms with Crippen LogP contribution in [-0.2, 0) is 14.3 Å². The van der Waals surface area contributed by atoms with E-state index in [1.165, 1.54) is 0 Å². The average Bonchev–Trinajstić information content (AvgIpc) is 3.40. The van der Waals surface area contributed by atoms with Crippen molar-refractivity contribution >= 4 is 11.9 Å². The summed E-state index contributed by atoms with van der Waals surface area (Å²) in [5.74, 6) is 2.76. The van der Waals surface area contributed by atoms with Crippen LogP contribution < -0.4 is 16.0 Å². The van der Waals surface area contributed by atoms with E-state index in [9.17, 15) is 9.18 Å². The predicted octanol–water partition coefficient (Wildman–Crippen LogP) is 2.54. The summed E-state index contributed by atoms with van der Waals surface area (Å²) in [5, 5.41) is 9.90. The van der Waals surface area contributed by atoms with E-state index >= 15 is 0 Å². The van der Waals surface area contributed by atoms with Gasteiger partial charge in [-0.05, 0) is 82.0 Å². The fourth-order valence-electron chi connectivity index (χ4n) is 7.33. The third kappa shape index (κ3) is 7.10. The van der Waals surface area contributed by atoms with Crippen molar-refractivity contribution in [3.05, 3.63) is 0 Å². The van der Waals surface area contributed by atoms with E-state index in [1.54, 1.807) is 14.2 Å². The molecule has 8 unspecified atom stereocenters. The highest BCUT2D eigenvalue weighted by molar-refractivity contribution is 5.81. The average molecular weight is 510 g/mol. The maximum absolute atomic E-state index is 14.0. The van der Waals surface area contributed by atoms with Crippen molar-refractivity contribution in [2.24, 2.45) is 34.6 Å². The standard InChI is InChI=1S/C27H48FN5O3/c1-17-24(5-6-25(28)32-17)20-9-18(15-31-27-29-7-8-30-27)10-21(13-20)26(34)33(2)16-19-11-22(35-3)14-23(12-19)36-4/h17-25,32H,5-16H2,1-4H3,(H2,29,30,31). The van der Waals surface area contributed by atoms with Gasteiger partial charge in [0.2, 0.25) is 5.91 Å². The topological polar surface area (TPSA) is 87.2 Å². The lowest BCUT2D eigenvalue weighted by Crippen LogP contribution is -2.50. The van der Waals surface area contributed by atoms with Crippen LogP contribution in [0.15, 0.2) is 4.99 Å². The Morgan fingerprint density at radius 3 is 2.47 bits per heavy atom. The second-order valence-corrected chi connectivity index (χ2v) is 11.7. The van der Waals surface area contributed by atoms with E-state index < -0.39 is 6.30 Å². The maximum Gasteiger partial charge on any atom is 0.225 e. The molecule has 0 spiro atoms.